The summed E-state index contributed by atoms with van der Waals surface area (Å²) in [5, 5.41) is 13.1. The Morgan fingerprint density at radius 3 is 2.45 bits per heavy atom. The summed E-state index contributed by atoms with van der Waals surface area (Å²) in [6.07, 6.45) is 4.05. The maximum absolute atomic E-state index is 9.16. The maximum Gasteiger partial charge on any atom is 0.169 e. The normalized spacial score (nSPS) is 10.9. The largest absolute Gasteiger partial charge is 0.494 e. The fourth-order valence-corrected chi connectivity index (χ4v) is 4.60. The molecule has 2 aromatic heterocycles. The number of rotatable bonds is 14. The standard InChI is InChI=1S/C31H36ClN3O3/c1-3-4-7-21-38-25-14-11-23(12-15-25)28-16-17-29(26-9-5-6-10-27(26)32)35(28)22-24-13-18-30(37-2)31(34-24)33-19-8-20-36/h5-6,9-18,36H,3-4,7-8,19-22H2,1-2H3,(H,33,34). The van der Waals surface area contributed by atoms with E-state index in [1.54, 1.807) is 7.11 Å². The van der Waals surface area contributed by atoms with Crippen LogP contribution in [-0.2, 0) is 6.54 Å². The topological polar surface area (TPSA) is 68.5 Å². The second-order valence-electron chi connectivity index (χ2n) is 9.11. The molecular formula is C31H36ClN3O3. The third-order valence-electron chi connectivity index (χ3n) is 6.38. The molecule has 4 rings (SSSR count). The quantitative estimate of drug-likeness (QED) is 0.166. The summed E-state index contributed by atoms with van der Waals surface area (Å²) in [6.45, 7) is 4.19. The van der Waals surface area contributed by atoms with Gasteiger partial charge in [-0.15, -0.1) is 0 Å². The number of nitrogens with zero attached hydrogens (tertiary/aromatic N) is 2. The van der Waals surface area contributed by atoms with Crippen LogP contribution < -0.4 is 14.8 Å². The van der Waals surface area contributed by atoms with Crippen LogP contribution in [-0.4, -0.2) is 41.5 Å². The number of ether oxygens (including phenoxy) is 2. The zero-order chi connectivity index (χ0) is 26.7. The molecule has 0 aliphatic carbocycles. The molecule has 0 atom stereocenters. The van der Waals surface area contributed by atoms with Gasteiger partial charge in [0, 0.05) is 29.4 Å². The molecule has 0 amide bonds. The van der Waals surface area contributed by atoms with Crippen LogP contribution in [0.3, 0.4) is 0 Å². The van der Waals surface area contributed by atoms with Crippen molar-refractivity contribution in [3.63, 3.8) is 0 Å². The number of anilines is 1. The number of hydrogen-bond acceptors (Lipinski definition) is 5. The van der Waals surface area contributed by atoms with Crippen molar-refractivity contribution in [2.75, 3.05) is 32.2 Å². The van der Waals surface area contributed by atoms with E-state index in [1.165, 1.54) is 12.8 Å². The van der Waals surface area contributed by atoms with Crippen molar-refractivity contribution in [2.24, 2.45) is 0 Å². The average Bonchev–Trinajstić information content (AvgIpc) is 3.35. The molecular weight excluding hydrogens is 498 g/mol. The number of aliphatic hydroxyl groups is 1. The predicted octanol–water partition coefficient (Wildman–Crippen LogP) is 7.29. The molecule has 0 radical (unpaired) electrons. The number of benzene rings is 2. The molecule has 0 saturated heterocycles. The summed E-state index contributed by atoms with van der Waals surface area (Å²) in [5.41, 5.74) is 4.99. The Morgan fingerprint density at radius 2 is 1.71 bits per heavy atom. The van der Waals surface area contributed by atoms with Gasteiger partial charge in [0.15, 0.2) is 11.6 Å². The van der Waals surface area contributed by atoms with E-state index >= 15 is 0 Å². The summed E-state index contributed by atoms with van der Waals surface area (Å²) in [6, 6.07) is 24.3. The van der Waals surface area contributed by atoms with Gasteiger partial charge in [0.25, 0.3) is 0 Å². The number of unbranched alkanes of at least 4 members (excludes halogenated alkanes) is 2. The highest BCUT2D eigenvalue weighted by molar-refractivity contribution is 6.33. The van der Waals surface area contributed by atoms with Crippen LogP contribution in [0.5, 0.6) is 11.5 Å². The lowest BCUT2D eigenvalue weighted by molar-refractivity contribution is 0.292. The summed E-state index contributed by atoms with van der Waals surface area (Å²) >= 11 is 6.62. The van der Waals surface area contributed by atoms with Gasteiger partial charge in [-0.05, 0) is 73.0 Å². The van der Waals surface area contributed by atoms with Crippen molar-refractivity contribution >= 4 is 17.4 Å². The molecule has 2 heterocycles. The van der Waals surface area contributed by atoms with Gasteiger partial charge >= 0.3 is 0 Å². The van der Waals surface area contributed by atoms with Crippen LogP contribution in [0.15, 0.2) is 72.8 Å². The Labute approximate surface area is 230 Å². The summed E-state index contributed by atoms with van der Waals surface area (Å²) in [7, 11) is 1.63. The van der Waals surface area contributed by atoms with Crippen molar-refractivity contribution < 1.29 is 14.6 Å². The fraction of sp³-hybridized carbons (Fsp3) is 0.323. The summed E-state index contributed by atoms with van der Waals surface area (Å²) in [5.74, 6) is 2.21. The van der Waals surface area contributed by atoms with E-state index in [1.807, 2.05) is 48.5 Å². The first kappa shape index (κ1) is 27.6. The highest BCUT2D eigenvalue weighted by Crippen LogP contribution is 2.34. The van der Waals surface area contributed by atoms with Gasteiger partial charge in [-0.2, -0.15) is 0 Å². The smallest absolute Gasteiger partial charge is 0.169 e. The number of aliphatic hydroxyl groups excluding tert-OH is 1. The Hall–Kier alpha value is -3.48. The van der Waals surface area contributed by atoms with Gasteiger partial charge in [-0.1, -0.05) is 49.6 Å². The molecule has 2 aromatic carbocycles. The van der Waals surface area contributed by atoms with Crippen LogP contribution in [0.2, 0.25) is 5.02 Å². The lowest BCUT2D eigenvalue weighted by Crippen LogP contribution is -2.10. The molecule has 0 spiro atoms. The summed E-state index contributed by atoms with van der Waals surface area (Å²) < 4.78 is 13.7. The molecule has 0 aliphatic rings. The molecule has 0 bridgehead atoms. The lowest BCUT2D eigenvalue weighted by atomic mass is 10.1. The Bertz CT molecular complexity index is 1300. The third-order valence-corrected chi connectivity index (χ3v) is 6.71. The molecule has 0 saturated carbocycles. The van der Waals surface area contributed by atoms with Crippen molar-refractivity contribution in [1.82, 2.24) is 9.55 Å². The van der Waals surface area contributed by atoms with Gasteiger partial charge in [0.05, 0.1) is 31.6 Å². The first-order valence-electron chi connectivity index (χ1n) is 13.2. The Morgan fingerprint density at radius 1 is 0.921 bits per heavy atom. The first-order chi connectivity index (χ1) is 18.6. The monoisotopic (exact) mass is 533 g/mol. The second kappa shape index (κ2) is 13.9. The van der Waals surface area contributed by atoms with E-state index in [0.29, 0.717) is 36.1 Å². The van der Waals surface area contributed by atoms with Crippen LogP contribution in [0.1, 0.15) is 38.3 Å². The van der Waals surface area contributed by atoms with E-state index in [0.717, 1.165) is 47.0 Å². The number of halogens is 1. The molecule has 2 N–H and O–H groups in total. The van der Waals surface area contributed by atoms with Crippen molar-refractivity contribution in [1.29, 1.82) is 0 Å². The van der Waals surface area contributed by atoms with Crippen LogP contribution >= 0.6 is 11.6 Å². The van der Waals surface area contributed by atoms with E-state index in [4.69, 9.17) is 31.2 Å². The minimum atomic E-state index is 0.117. The molecule has 7 heteroatoms. The minimum absolute atomic E-state index is 0.117. The average molecular weight is 534 g/mol. The van der Waals surface area contributed by atoms with Gasteiger partial charge in [-0.25, -0.2) is 4.98 Å². The fourth-order valence-electron chi connectivity index (χ4n) is 4.37. The van der Waals surface area contributed by atoms with Gasteiger partial charge in [-0.3, -0.25) is 0 Å². The van der Waals surface area contributed by atoms with Crippen LogP contribution in [0.4, 0.5) is 5.82 Å². The van der Waals surface area contributed by atoms with Crippen LogP contribution in [0.25, 0.3) is 22.5 Å². The molecule has 4 aromatic rings. The number of pyridine rings is 1. The van der Waals surface area contributed by atoms with Crippen molar-refractivity contribution in [3.8, 4) is 34.0 Å². The van der Waals surface area contributed by atoms with Gasteiger partial charge in [0.1, 0.15) is 5.75 Å². The molecule has 200 valence electrons. The van der Waals surface area contributed by atoms with Crippen molar-refractivity contribution in [2.45, 2.75) is 39.2 Å². The van der Waals surface area contributed by atoms with Crippen LogP contribution in [0, 0.1) is 0 Å². The molecule has 0 unspecified atom stereocenters. The SMILES string of the molecule is CCCCCOc1ccc(-c2ccc(-c3ccccc3Cl)n2Cc2ccc(OC)c(NCCCO)n2)cc1. The molecule has 6 nitrogen and oxygen atoms in total. The van der Waals surface area contributed by atoms with E-state index in [-0.39, 0.29) is 6.61 Å². The molecule has 38 heavy (non-hydrogen) atoms. The Kier molecular flexibility index (Phi) is 10.1. The van der Waals surface area contributed by atoms with E-state index in [9.17, 15) is 0 Å². The zero-order valence-corrected chi connectivity index (χ0v) is 22.9. The molecule has 0 fully saturated rings. The number of hydrogen-bond donors (Lipinski definition) is 2. The van der Waals surface area contributed by atoms with Gasteiger partial charge < -0.3 is 24.5 Å². The first-order valence-corrected chi connectivity index (χ1v) is 13.6. The number of nitrogens with one attached hydrogen (secondary N) is 1. The second-order valence-corrected chi connectivity index (χ2v) is 9.51. The maximum atomic E-state index is 9.16. The molecule has 0 aliphatic heterocycles. The zero-order valence-electron chi connectivity index (χ0n) is 22.1. The highest BCUT2D eigenvalue weighted by Gasteiger charge is 2.16. The predicted molar refractivity (Wildman–Crippen MR) is 155 cm³/mol. The Balaban J connectivity index is 1.67. The summed E-state index contributed by atoms with van der Waals surface area (Å²) in [4.78, 5) is 4.85. The van der Waals surface area contributed by atoms with Gasteiger partial charge in [0.2, 0.25) is 0 Å². The van der Waals surface area contributed by atoms with Crippen molar-refractivity contribution in [3.05, 3.63) is 83.5 Å². The van der Waals surface area contributed by atoms with E-state index in [2.05, 4.69) is 41.1 Å². The lowest BCUT2D eigenvalue weighted by Gasteiger charge is -2.17. The third kappa shape index (κ3) is 6.88. The van der Waals surface area contributed by atoms with E-state index < -0.39 is 0 Å². The highest BCUT2D eigenvalue weighted by atomic mass is 35.5. The minimum Gasteiger partial charge on any atom is -0.494 e. The number of methoxy groups -OCH3 is 1. The number of aromatic nitrogens is 2.